The van der Waals surface area contributed by atoms with E-state index in [1.165, 1.54) is 6.07 Å². The lowest BCUT2D eigenvalue weighted by Crippen LogP contribution is -2.40. The molecule has 0 radical (unpaired) electrons. The molecule has 5 rings (SSSR count). The van der Waals surface area contributed by atoms with Crippen molar-refractivity contribution in [3.63, 3.8) is 0 Å². The highest BCUT2D eigenvalue weighted by Gasteiger charge is 2.30. The SMILES string of the molecule is Cc1c([C@@H](CC(=O)O)c2ccc(F)c(CN3Cc4ncccc4OC(C)(C)C3)c2)ccc2c1nnn2C. The molecule has 1 aliphatic rings. The zero-order valence-corrected chi connectivity index (χ0v) is 21.4. The molecule has 0 aliphatic carbocycles. The smallest absolute Gasteiger partial charge is 0.304 e. The van der Waals surface area contributed by atoms with Gasteiger partial charge in [0.05, 0.1) is 17.6 Å². The van der Waals surface area contributed by atoms with Gasteiger partial charge in [0.15, 0.2) is 0 Å². The van der Waals surface area contributed by atoms with E-state index < -0.39 is 17.5 Å². The summed E-state index contributed by atoms with van der Waals surface area (Å²) in [5.74, 6) is -0.984. The first-order valence-corrected chi connectivity index (χ1v) is 12.3. The molecular weight excluding hydrogens is 473 g/mol. The average molecular weight is 504 g/mol. The first-order valence-electron chi connectivity index (χ1n) is 12.3. The van der Waals surface area contributed by atoms with Crippen LogP contribution in [0.4, 0.5) is 4.39 Å². The van der Waals surface area contributed by atoms with E-state index in [0.29, 0.717) is 25.2 Å². The van der Waals surface area contributed by atoms with Crippen molar-refractivity contribution in [2.24, 2.45) is 7.05 Å². The number of halogens is 1. The van der Waals surface area contributed by atoms with E-state index in [-0.39, 0.29) is 12.2 Å². The highest BCUT2D eigenvalue weighted by Crippen LogP contribution is 2.35. The molecule has 0 fully saturated rings. The first kappa shape index (κ1) is 24.8. The van der Waals surface area contributed by atoms with Gasteiger partial charge in [-0.1, -0.05) is 23.4 Å². The van der Waals surface area contributed by atoms with Gasteiger partial charge in [-0.05, 0) is 61.7 Å². The van der Waals surface area contributed by atoms with Crippen LogP contribution in [0.15, 0.2) is 48.7 Å². The van der Waals surface area contributed by atoms with Crippen LogP contribution >= 0.6 is 0 Å². The Labute approximate surface area is 214 Å². The number of pyridine rings is 1. The van der Waals surface area contributed by atoms with Crippen LogP contribution in [-0.2, 0) is 24.9 Å². The molecule has 0 amide bonds. The van der Waals surface area contributed by atoms with E-state index >= 15 is 4.39 Å². The highest BCUT2D eigenvalue weighted by molar-refractivity contribution is 5.80. The summed E-state index contributed by atoms with van der Waals surface area (Å²) in [6.07, 6.45) is 1.60. The maximum absolute atomic E-state index is 15.1. The van der Waals surface area contributed by atoms with Gasteiger partial charge in [-0.2, -0.15) is 0 Å². The zero-order chi connectivity index (χ0) is 26.3. The van der Waals surface area contributed by atoms with Crippen LogP contribution in [-0.4, -0.2) is 48.1 Å². The van der Waals surface area contributed by atoms with E-state index in [1.54, 1.807) is 23.0 Å². The van der Waals surface area contributed by atoms with E-state index in [9.17, 15) is 9.90 Å². The number of ether oxygens (including phenoxy) is 1. The van der Waals surface area contributed by atoms with Gasteiger partial charge < -0.3 is 9.84 Å². The Bertz CT molecular complexity index is 1480. The van der Waals surface area contributed by atoms with Crippen LogP contribution in [0.25, 0.3) is 11.0 Å². The molecule has 2 aromatic heterocycles. The molecule has 4 aromatic rings. The van der Waals surface area contributed by atoms with Gasteiger partial charge in [0.2, 0.25) is 0 Å². The van der Waals surface area contributed by atoms with Gasteiger partial charge in [0, 0.05) is 44.4 Å². The number of carboxylic acids is 1. The molecule has 3 heterocycles. The second-order valence-electron chi connectivity index (χ2n) is 10.3. The third-order valence-electron chi connectivity index (χ3n) is 6.91. The number of rotatable bonds is 6. The Morgan fingerprint density at radius 2 is 2.05 bits per heavy atom. The number of aromatic nitrogens is 4. The van der Waals surface area contributed by atoms with Crippen molar-refractivity contribution >= 4 is 17.0 Å². The van der Waals surface area contributed by atoms with E-state index in [4.69, 9.17) is 4.74 Å². The zero-order valence-electron chi connectivity index (χ0n) is 21.4. The predicted octanol–water partition coefficient (Wildman–Crippen LogP) is 4.59. The number of nitrogens with zero attached hydrogens (tertiary/aromatic N) is 5. The van der Waals surface area contributed by atoms with Crippen molar-refractivity contribution in [2.45, 2.75) is 51.8 Å². The largest absolute Gasteiger partial charge is 0.485 e. The second-order valence-corrected chi connectivity index (χ2v) is 10.3. The Balaban J connectivity index is 1.51. The van der Waals surface area contributed by atoms with Crippen molar-refractivity contribution in [1.29, 1.82) is 0 Å². The molecule has 2 aromatic carbocycles. The quantitative estimate of drug-likeness (QED) is 0.411. The summed E-state index contributed by atoms with van der Waals surface area (Å²) in [4.78, 5) is 18.5. The van der Waals surface area contributed by atoms with Gasteiger partial charge in [0.25, 0.3) is 0 Å². The Kier molecular flexibility index (Phi) is 6.41. The summed E-state index contributed by atoms with van der Waals surface area (Å²) in [7, 11) is 1.82. The van der Waals surface area contributed by atoms with Crippen molar-refractivity contribution in [3.05, 3.63) is 82.4 Å². The number of hydrogen-bond donors (Lipinski definition) is 1. The lowest BCUT2D eigenvalue weighted by atomic mass is 9.85. The summed E-state index contributed by atoms with van der Waals surface area (Å²) in [5, 5.41) is 18.1. The molecular formula is C28H30FN5O3. The normalized spacial score (nSPS) is 16.1. The van der Waals surface area contributed by atoms with Crippen molar-refractivity contribution in [1.82, 2.24) is 24.9 Å². The fourth-order valence-electron chi connectivity index (χ4n) is 5.26. The summed E-state index contributed by atoms with van der Waals surface area (Å²) >= 11 is 0. The fourth-order valence-corrected chi connectivity index (χ4v) is 5.26. The molecule has 0 unspecified atom stereocenters. The molecule has 1 aliphatic heterocycles. The number of hydrogen-bond acceptors (Lipinski definition) is 6. The van der Waals surface area contributed by atoms with Crippen molar-refractivity contribution in [2.75, 3.05) is 6.54 Å². The van der Waals surface area contributed by atoms with Crippen LogP contribution in [0, 0.1) is 12.7 Å². The fraction of sp³-hybridized carbons (Fsp3) is 0.357. The topological polar surface area (TPSA) is 93.4 Å². The molecule has 8 nitrogen and oxygen atoms in total. The van der Waals surface area contributed by atoms with E-state index in [0.717, 1.165) is 39.2 Å². The molecule has 0 saturated carbocycles. The molecule has 37 heavy (non-hydrogen) atoms. The van der Waals surface area contributed by atoms with E-state index in [1.807, 2.05) is 52.1 Å². The summed E-state index contributed by atoms with van der Waals surface area (Å²) in [6, 6.07) is 12.5. The number of benzene rings is 2. The molecule has 0 spiro atoms. The molecule has 0 bridgehead atoms. The van der Waals surface area contributed by atoms with Gasteiger partial charge in [-0.25, -0.2) is 9.07 Å². The molecule has 192 valence electrons. The monoisotopic (exact) mass is 503 g/mol. The van der Waals surface area contributed by atoms with Gasteiger partial charge in [-0.15, -0.1) is 5.10 Å². The Morgan fingerprint density at radius 1 is 1.24 bits per heavy atom. The highest BCUT2D eigenvalue weighted by atomic mass is 19.1. The van der Waals surface area contributed by atoms with Crippen molar-refractivity contribution in [3.8, 4) is 5.75 Å². The summed E-state index contributed by atoms with van der Waals surface area (Å²) in [5.41, 5.74) is 4.88. The average Bonchev–Trinajstić information content (AvgIpc) is 3.15. The van der Waals surface area contributed by atoms with Crippen LogP contribution in [0.2, 0.25) is 0 Å². The minimum atomic E-state index is -0.927. The number of aryl methyl sites for hydroxylation is 2. The molecule has 1 N–H and O–H groups in total. The summed E-state index contributed by atoms with van der Waals surface area (Å²) in [6.45, 7) is 7.37. The molecule has 0 saturated heterocycles. The van der Waals surface area contributed by atoms with Crippen LogP contribution in [0.5, 0.6) is 5.75 Å². The van der Waals surface area contributed by atoms with Crippen LogP contribution in [0.3, 0.4) is 0 Å². The van der Waals surface area contributed by atoms with Gasteiger partial charge in [-0.3, -0.25) is 14.7 Å². The lowest BCUT2D eigenvalue weighted by molar-refractivity contribution is -0.137. The van der Waals surface area contributed by atoms with E-state index in [2.05, 4.69) is 20.2 Å². The second kappa shape index (κ2) is 9.55. The lowest BCUT2D eigenvalue weighted by Gasteiger charge is -2.29. The maximum Gasteiger partial charge on any atom is 0.304 e. The number of fused-ring (bicyclic) bond motifs is 2. The van der Waals surface area contributed by atoms with Gasteiger partial charge in [0.1, 0.15) is 22.7 Å². The minimum absolute atomic E-state index is 0.125. The number of carboxylic acid groups (broad SMARTS) is 1. The number of aliphatic carboxylic acids is 1. The number of carbonyl (C=O) groups is 1. The third-order valence-corrected chi connectivity index (χ3v) is 6.91. The molecule has 9 heteroatoms. The van der Waals surface area contributed by atoms with Crippen LogP contribution < -0.4 is 4.74 Å². The Morgan fingerprint density at radius 3 is 2.84 bits per heavy atom. The van der Waals surface area contributed by atoms with Crippen LogP contribution in [0.1, 0.15) is 54.1 Å². The minimum Gasteiger partial charge on any atom is -0.485 e. The van der Waals surface area contributed by atoms with Gasteiger partial charge >= 0.3 is 5.97 Å². The maximum atomic E-state index is 15.1. The third kappa shape index (κ3) is 5.04. The summed E-state index contributed by atoms with van der Waals surface area (Å²) < 4.78 is 23.0. The first-order chi connectivity index (χ1) is 17.6. The molecule has 1 atom stereocenters. The Hall–Kier alpha value is -3.85. The van der Waals surface area contributed by atoms with Crippen molar-refractivity contribution < 1.29 is 19.0 Å². The predicted molar refractivity (Wildman–Crippen MR) is 137 cm³/mol. The standard InChI is InChI=1S/C28H30FN5O3/c1-17-20(8-10-24-27(17)31-32-33(24)4)21(13-26(35)36)18-7-9-22(29)19(12-18)14-34-15-23-25(6-5-11-30-23)37-28(2,3)16-34/h5-12,21H,13-16H2,1-4H3,(H,35,36)/t21-/m0/s1.